The van der Waals surface area contributed by atoms with E-state index < -0.39 is 12.3 Å². The Bertz CT molecular complexity index is 350. The maximum absolute atomic E-state index is 11.2. The molecule has 0 saturated carbocycles. The number of anilines is 1. The van der Waals surface area contributed by atoms with Crippen molar-refractivity contribution in [2.45, 2.75) is 12.7 Å². The minimum Gasteiger partial charge on any atom is -0.465 e. The average molecular weight is 231 g/mol. The standard InChI is InChI=1S/C9H13NO4S/c1-13-8(11)4-6-5(10)3-7(15-6)9(12)14-2/h3,8,11H,4,10H2,1-2H3. The molecule has 0 amide bonds. The normalized spacial score (nSPS) is 12.5. The number of ether oxygens (including phenoxy) is 2. The van der Waals surface area contributed by atoms with E-state index in [-0.39, 0.29) is 6.42 Å². The molecule has 0 aromatic carbocycles. The molecule has 5 nitrogen and oxygen atoms in total. The summed E-state index contributed by atoms with van der Waals surface area (Å²) in [6.45, 7) is 0. The quantitative estimate of drug-likeness (QED) is 0.586. The molecule has 1 atom stereocenters. The molecule has 6 heteroatoms. The van der Waals surface area contributed by atoms with E-state index in [1.165, 1.54) is 31.6 Å². The van der Waals surface area contributed by atoms with E-state index in [4.69, 9.17) is 10.5 Å². The highest BCUT2D eigenvalue weighted by molar-refractivity contribution is 7.14. The number of methoxy groups -OCH3 is 2. The third-order valence-electron chi connectivity index (χ3n) is 1.86. The van der Waals surface area contributed by atoms with Gasteiger partial charge in [0.1, 0.15) is 4.88 Å². The zero-order valence-corrected chi connectivity index (χ0v) is 9.34. The largest absolute Gasteiger partial charge is 0.465 e. The number of nitrogen functional groups attached to an aromatic ring is 1. The minimum atomic E-state index is -0.906. The number of carbonyl (C=O) groups excluding carboxylic acids is 1. The van der Waals surface area contributed by atoms with Crippen LogP contribution in [-0.2, 0) is 15.9 Å². The van der Waals surface area contributed by atoms with Gasteiger partial charge in [0.05, 0.1) is 7.11 Å². The van der Waals surface area contributed by atoms with Crippen LogP contribution in [0.25, 0.3) is 0 Å². The molecule has 0 aliphatic heterocycles. The number of rotatable bonds is 4. The van der Waals surface area contributed by atoms with Crippen molar-refractivity contribution in [1.82, 2.24) is 0 Å². The van der Waals surface area contributed by atoms with E-state index in [0.29, 0.717) is 15.4 Å². The van der Waals surface area contributed by atoms with Crippen LogP contribution < -0.4 is 5.73 Å². The Morgan fingerprint density at radius 3 is 2.87 bits per heavy atom. The number of esters is 1. The van der Waals surface area contributed by atoms with Crippen LogP contribution in [0, 0.1) is 0 Å². The van der Waals surface area contributed by atoms with Gasteiger partial charge >= 0.3 is 5.97 Å². The Balaban J connectivity index is 2.82. The third-order valence-corrected chi connectivity index (χ3v) is 3.01. The van der Waals surface area contributed by atoms with E-state index in [2.05, 4.69) is 4.74 Å². The Kier molecular flexibility index (Phi) is 4.07. The lowest BCUT2D eigenvalue weighted by atomic mass is 10.3. The first-order valence-corrected chi connectivity index (χ1v) is 5.07. The van der Waals surface area contributed by atoms with Gasteiger partial charge in [0.25, 0.3) is 0 Å². The Morgan fingerprint density at radius 1 is 1.67 bits per heavy atom. The van der Waals surface area contributed by atoms with Crippen molar-refractivity contribution in [2.24, 2.45) is 0 Å². The smallest absolute Gasteiger partial charge is 0.348 e. The fourth-order valence-corrected chi connectivity index (χ4v) is 2.07. The summed E-state index contributed by atoms with van der Waals surface area (Å²) in [5.41, 5.74) is 6.14. The molecule has 0 radical (unpaired) electrons. The lowest BCUT2D eigenvalue weighted by Gasteiger charge is -2.06. The van der Waals surface area contributed by atoms with Gasteiger partial charge in [0.15, 0.2) is 6.29 Å². The molecular formula is C9H13NO4S. The van der Waals surface area contributed by atoms with Gasteiger partial charge in [-0.05, 0) is 6.07 Å². The summed E-state index contributed by atoms with van der Waals surface area (Å²) in [5.74, 6) is -0.426. The fraction of sp³-hybridized carbons (Fsp3) is 0.444. The van der Waals surface area contributed by atoms with Gasteiger partial charge in [-0.1, -0.05) is 0 Å². The molecule has 1 heterocycles. The van der Waals surface area contributed by atoms with Crippen molar-refractivity contribution in [1.29, 1.82) is 0 Å². The number of aliphatic hydroxyl groups excluding tert-OH is 1. The van der Waals surface area contributed by atoms with Crippen LogP contribution in [0.1, 0.15) is 14.5 Å². The zero-order valence-electron chi connectivity index (χ0n) is 8.52. The Morgan fingerprint density at radius 2 is 2.33 bits per heavy atom. The van der Waals surface area contributed by atoms with Gasteiger partial charge in [0, 0.05) is 24.1 Å². The summed E-state index contributed by atoms with van der Waals surface area (Å²) in [6, 6.07) is 1.54. The summed E-state index contributed by atoms with van der Waals surface area (Å²) in [6.07, 6.45) is -0.638. The molecule has 1 aromatic rings. The van der Waals surface area contributed by atoms with E-state index in [0.717, 1.165) is 0 Å². The number of aliphatic hydroxyl groups is 1. The van der Waals surface area contributed by atoms with Crippen molar-refractivity contribution >= 4 is 23.0 Å². The van der Waals surface area contributed by atoms with Crippen LogP contribution in [0.15, 0.2) is 6.07 Å². The second kappa shape index (κ2) is 5.11. The molecule has 1 rings (SSSR count). The van der Waals surface area contributed by atoms with Gasteiger partial charge in [-0.2, -0.15) is 0 Å². The Hall–Kier alpha value is -1.11. The highest BCUT2D eigenvalue weighted by atomic mass is 32.1. The predicted octanol–water partition coefficient (Wildman–Crippen LogP) is 0.624. The minimum absolute atomic E-state index is 0.268. The maximum Gasteiger partial charge on any atom is 0.348 e. The first-order valence-electron chi connectivity index (χ1n) is 4.25. The van der Waals surface area contributed by atoms with Crippen molar-refractivity contribution in [3.05, 3.63) is 15.8 Å². The van der Waals surface area contributed by atoms with E-state index >= 15 is 0 Å². The molecule has 0 spiro atoms. The summed E-state index contributed by atoms with van der Waals surface area (Å²) in [4.78, 5) is 12.3. The molecule has 0 saturated heterocycles. The maximum atomic E-state index is 11.2. The van der Waals surface area contributed by atoms with Crippen LogP contribution in [0.2, 0.25) is 0 Å². The first-order chi connectivity index (χ1) is 7.08. The molecule has 0 aliphatic carbocycles. The van der Waals surface area contributed by atoms with E-state index in [1.807, 2.05) is 0 Å². The van der Waals surface area contributed by atoms with Crippen molar-refractivity contribution < 1.29 is 19.4 Å². The van der Waals surface area contributed by atoms with Gasteiger partial charge in [-0.25, -0.2) is 4.79 Å². The lowest BCUT2D eigenvalue weighted by Crippen LogP contribution is -2.12. The van der Waals surface area contributed by atoms with Gasteiger partial charge in [-0.15, -0.1) is 11.3 Å². The van der Waals surface area contributed by atoms with Crippen LogP contribution in [0.4, 0.5) is 5.69 Å². The summed E-state index contributed by atoms with van der Waals surface area (Å²) in [5, 5.41) is 9.25. The van der Waals surface area contributed by atoms with Crippen molar-refractivity contribution in [2.75, 3.05) is 20.0 Å². The summed E-state index contributed by atoms with van der Waals surface area (Å²) < 4.78 is 9.25. The first kappa shape index (κ1) is 12.0. The Labute approximate surface area is 91.4 Å². The number of carbonyl (C=O) groups is 1. The fourth-order valence-electron chi connectivity index (χ4n) is 1.05. The second-order valence-electron chi connectivity index (χ2n) is 2.88. The highest BCUT2D eigenvalue weighted by Crippen LogP contribution is 2.26. The topological polar surface area (TPSA) is 81.8 Å². The third kappa shape index (κ3) is 2.92. The molecule has 0 bridgehead atoms. The second-order valence-corrected chi connectivity index (χ2v) is 4.01. The van der Waals surface area contributed by atoms with E-state index in [1.54, 1.807) is 0 Å². The van der Waals surface area contributed by atoms with Crippen LogP contribution >= 0.6 is 11.3 Å². The van der Waals surface area contributed by atoms with Gasteiger partial charge < -0.3 is 20.3 Å². The average Bonchev–Trinajstić information content (AvgIpc) is 2.59. The predicted molar refractivity (Wildman–Crippen MR) is 56.8 cm³/mol. The summed E-state index contributed by atoms with van der Waals surface area (Å²) in [7, 11) is 2.71. The van der Waals surface area contributed by atoms with E-state index in [9.17, 15) is 9.90 Å². The SMILES string of the molecule is COC(=O)c1cc(N)c(CC(O)OC)s1. The molecule has 15 heavy (non-hydrogen) atoms. The lowest BCUT2D eigenvalue weighted by molar-refractivity contribution is -0.0714. The molecule has 0 aliphatic rings. The number of nitrogens with two attached hydrogens (primary N) is 1. The molecule has 1 unspecified atom stereocenters. The molecule has 3 N–H and O–H groups in total. The highest BCUT2D eigenvalue weighted by Gasteiger charge is 2.15. The van der Waals surface area contributed by atoms with Gasteiger partial charge in [0.2, 0.25) is 0 Å². The van der Waals surface area contributed by atoms with Crippen LogP contribution in [0.3, 0.4) is 0 Å². The molecule has 84 valence electrons. The van der Waals surface area contributed by atoms with Crippen molar-refractivity contribution in [3.63, 3.8) is 0 Å². The van der Waals surface area contributed by atoms with Crippen LogP contribution in [-0.4, -0.2) is 31.6 Å². The molecule has 1 aromatic heterocycles. The van der Waals surface area contributed by atoms with Crippen LogP contribution in [0.5, 0.6) is 0 Å². The van der Waals surface area contributed by atoms with Crippen molar-refractivity contribution in [3.8, 4) is 0 Å². The summed E-state index contributed by atoms with van der Waals surface area (Å²) >= 11 is 1.20. The molecular weight excluding hydrogens is 218 g/mol. The zero-order chi connectivity index (χ0) is 11.4. The molecule has 0 fully saturated rings. The van der Waals surface area contributed by atoms with Gasteiger partial charge in [-0.3, -0.25) is 0 Å². The monoisotopic (exact) mass is 231 g/mol. The number of thiophene rings is 1. The number of hydrogen-bond acceptors (Lipinski definition) is 6. The number of hydrogen-bond donors (Lipinski definition) is 2.